The van der Waals surface area contributed by atoms with Gasteiger partial charge < -0.3 is 14.6 Å². The summed E-state index contributed by atoms with van der Waals surface area (Å²) >= 11 is 0. The number of hydrogen-bond acceptors (Lipinski definition) is 8. The van der Waals surface area contributed by atoms with Gasteiger partial charge in [-0.15, -0.1) is 0 Å². The fraction of sp³-hybridized carbons (Fsp3) is 0.222. The molecule has 3 rings (SSSR count). The maximum Gasteiger partial charge on any atom is 0.410 e. The summed E-state index contributed by atoms with van der Waals surface area (Å²) in [6.45, 7) is -0.242. The van der Waals surface area contributed by atoms with E-state index < -0.39 is 16.8 Å². The number of halogens is 1. The third kappa shape index (κ3) is 5.27. The Kier molecular flexibility index (Phi) is 6.35. The van der Waals surface area contributed by atoms with Crippen molar-refractivity contribution in [2.24, 2.45) is 7.05 Å². The number of nitro groups is 1. The minimum Gasteiger partial charge on any atom is -0.490 e. The first-order valence-electron chi connectivity index (χ1n) is 8.72. The van der Waals surface area contributed by atoms with E-state index in [1.807, 2.05) is 5.32 Å². The molecular weight excluding hydrogens is 415 g/mol. The van der Waals surface area contributed by atoms with Crippen LogP contribution in [-0.2, 0) is 25.0 Å². The predicted molar refractivity (Wildman–Crippen MR) is 104 cm³/mol. The van der Waals surface area contributed by atoms with E-state index in [-0.39, 0.29) is 42.0 Å². The number of nitro benzene ring substituents is 1. The number of anilines is 1. The van der Waals surface area contributed by atoms with Crippen LogP contribution in [0.5, 0.6) is 5.75 Å². The van der Waals surface area contributed by atoms with Crippen molar-refractivity contribution < 1.29 is 28.7 Å². The summed E-state index contributed by atoms with van der Waals surface area (Å²) < 4.78 is 25.8. The summed E-state index contributed by atoms with van der Waals surface area (Å²) in [5.41, 5.74) is 0.587. The number of aromatic nitrogens is 4. The zero-order valence-electron chi connectivity index (χ0n) is 16.4. The first-order chi connectivity index (χ1) is 14.8. The second kappa shape index (κ2) is 9.13. The molecule has 0 saturated carbocycles. The number of benzene rings is 1. The van der Waals surface area contributed by atoms with Crippen molar-refractivity contribution in [1.82, 2.24) is 19.7 Å². The molecule has 1 aromatic carbocycles. The summed E-state index contributed by atoms with van der Waals surface area (Å²) in [5.74, 6) is -0.632. The van der Waals surface area contributed by atoms with Crippen LogP contribution in [0, 0.1) is 15.9 Å². The highest BCUT2D eigenvalue weighted by molar-refractivity contribution is 5.81. The molecule has 12 nitrogen and oxygen atoms in total. The van der Waals surface area contributed by atoms with Gasteiger partial charge in [0.1, 0.15) is 18.0 Å². The van der Waals surface area contributed by atoms with Crippen molar-refractivity contribution in [1.29, 1.82) is 0 Å². The Morgan fingerprint density at radius 2 is 2.10 bits per heavy atom. The van der Waals surface area contributed by atoms with Gasteiger partial charge in [0.2, 0.25) is 5.75 Å². The molecule has 3 aromatic rings. The highest BCUT2D eigenvalue weighted by Gasteiger charge is 2.23. The van der Waals surface area contributed by atoms with Gasteiger partial charge in [0.05, 0.1) is 36.5 Å². The Morgan fingerprint density at radius 3 is 2.71 bits per heavy atom. The number of amides is 1. The summed E-state index contributed by atoms with van der Waals surface area (Å²) in [4.78, 5) is 29.7. The molecule has 0 atom stereocenters. The molecular formula is C18H17FN6O6. The predicted octanol–water partition coefficient (Wildman–Crippen LogP) is 2.74. The van der Waals surface area contributed by atoms with Crippen LogP contribution >= 0.6 is 0 Å². The molecule has 13 heteroatoms. The van der Waals surface area contributed by atoms with Crippen LogP contribution in [0.25, 0.3) is 11.4 Å². The van der Waals surface area contributed by atoms with Crippen molar-refractivity contribution in [2.75, 3.05) is 12.4 Å². The number of methoxy groups -OCH3 is 1. The number of carboxylic acid groups (broad SMARTS) is 1. The molecule has 2 aromatic heterocycles. The van der Waals surface area contributed by atoms with Crippen molar-refractivity contribution in [3.63, 3.8) is 0 Å². The topological polar surface area (TPSA) is 155 Å². The highest BCUT2D eigenvalue weighted by atomic mass is 19.1. The summed E-state index contributed by atoms with van der Waals surface area (Å²) in [5, 5.41) is 26.4. The number of carbonyl (C=O) groups is 1. The highest BCUT2D eigenvalue weighted by Crippen LogP contribution is 2.37. The van der Waals surface area contributed by atoms with Gasteiger partial charge in [0.15, 0.2) is 5.82 Å². The minimum atomic E-state index is -1.38. The Morgan fingerprint density at radius 1 is 1.32 bits per heavy atom. The molecule has 0 aliphatic heterocycles. The van der Waals surface area contributed by atoms with Gasteiger partial charge in [-0.05, 0) is 17.7 Å². The van der Waals surface area contributed by atoms with E-state index in [2.05, 4.69) is 15.1 Å². The van der Waals surface area contributed by atoms with Crippen LogP contribution in [0.4, 0.5) is 20.7 Å². The standard InChI is InChI=1S/C18H17FN6O6/c1-24-9-20-17(23-24)13-3-10(4-14(25(28)29)16(13)30-2)7-31-8-12-5-11(19)6-15(21-12)22-18(26)27/h3-6,9H,7-8H2,1-2H3,(H,21,22)(H,26,27). The van der Waals surface area contributed by atoms with E-state index in [1.165, 1.54) is 24.2 Å². The molecule has 1 amide bonds. The number of hydrogen-bond donors (Lipinski definition) is 2. The molecule has 0 radical (unpaired) electrons. The largest absolute Gasteiger partial charge is 0.490 e. The van der Waals surface area contributed by atoms with Crippen LogP contribution in [0.3, 0.4) is 0 Å². The fourth-order valence-corrected chi connectivity index (χ4v) is 2.81. The quantitative estimate of drug-likeness (QED) is 0.404. The lowest BCUT2D eigenvalue weighted by atomic mass is 10.1. The Hall–Kier alpha value is -4.13. The van der Waals surface area contributed by atoms with E-state index >= 15 is 0 Å². The first kappa shape index (κ1) is 21.6. The molecule has 0 fully saturated rings. The SMILES string of the molecule is COc1c(-c2ncn(C)n2)cc(COCc2cc(F)cc(NC(=O)O)n2)cc1[N+](=O)[O-]. The zero-order chi connectivity index (χ0) is 22.5. The molecule has 162 valence electrons. The van der Waals surface area contributed by atoms with Gasteiger partial charge in [-0.25, -0.2) is 19.2 Å². The van der Waals surface area contributed by atoms with Crippen molar-refractivity contribution in [3.8, 4) is 17.1 Å². The number of pyridine rings is 1. The minimum absolute atomic E-state index is 0.0103. The van der Waals surface area contributed by atoms with Gasteiger partial charge in [0.25, 0.3) is 0 Å². The fourth-order valence-electron chi connectivity index (χ4n) is 2.81. The maximum atomic E-state index is 13.7. The Bertz CT molecular complexity index is 1130. The van der Waals surface area contributed by atoms with E-state index in [0.29, 0.717) is 11.1 Å². The lowest BCUT2D eigenvalue weighted by molar-refractivity contribution is -0.385. The molecule has 0 bridgehead atoms. The number of nitrogens with zero attached hydrogens (tertiary/aromatic N) is 5. The number of nitrogens with one attached hydrogen (secondary N) is 1. The average Bonchev–Trinajstić information content (AvgIpc) is 3.12. The Balaban J connectivity index is 1.83. The van der Waals surface area contributed by atoms with Gasteiger partial charge in [0, 0.05) is 19.2 Å². The molecule has 0 saturated heterocycles. The van der Waals surface area contributed by atoms with E-state index in [4.69, 9.17) is 14.6 Å². The van der Waals surface area contributed by atoms with E-state index in [1.54, 1.807) is 13.1 Å². The normalized spacial score (nSPS) is 10.7. The molecule has 31 heavy (non-hydrogen) atoms. The smallest absolute Gasteiger partial charge is 0.410 e. The van der Waals surface area contributed by atoms with Crippen molar-refractivity contribution in [2.45, 2.75) is 13.2 Å². The van der Waals surface area contributed by atoms with Crippen molar-refractivity contribution in [3.05, 3.63) is 57.8 Å². The lowest BCUT2D eigenvalue weighted by Crippen LogP contribution is -2.10. The molecule has 0 aliphatic carbocycles. The maximum absolute atomic E-state index is 13.7. The van der Waals surface area contributed by atoms with Crippen LogP contribution in [0.15, 0.2) is 30.6 Å². The van der Waals surface area contributed by atoms with Crippen LogP contribution in [0.1, 0.15) is 11.3 Å². The molecule has 0 aliphatic rings. The van der Waals surface area contributed by atoms with Gasteiger partial charge in [-0.2, -0.15) is 5.10 Å². The second-order valence-electron chi connectivity index (χ2n) is 6.28. The number of aryl methyl sites for hydroxylation is 1. The number of ether oxygens (including phenoxy) is 2. The van der Waals surface area contributed by atoms with Crippen LogP contribution < -0.4 is 10.1 Å². The molecule has 0 spiro atoms. The monoisotopic (exact) mass is 432 g/mol. The molecule has 0 unspecified atom stereocenters. The van der Waals surface area contributed by atoms with Crippen molar-refractivity contribution >= 4 is 17.6 Å². The summed E-state index contributed by atoms with van der Waals surface area (Å²) in [6.07, 6.45) is 0.0634. The first-order valence-corrected chi connectivity index (χ1v) is 8.72. The van der Waals surface area contributed by atoms with E-state index in [0.717, 1.165) is 12.1 Å². The summed E-state index contributed by atoms with van der Waals surface area (Å²) in [6, 6.07) is 4.91. The van der Waals surface area contributed by atoms with Crippen LogP contribution in [0.2, 0.25) is 0 Å². The van der Waals surface area contributed by atoms with E-state index in [9.17, 15) is 19.3 Å². The lowest BCUT2D eigenvalue weighted by Gasteiger charge is -2.11. The van der Waals surface area contributed by atoms with Crippen LogP contribution in [-0.4, -0.2) is 43.0 Å². The second-order valence-corrected chi connectivity index (χ2v) is 6.28. The summed E-state index contributed by atoms with van der Waals surface area (Å²) in [7, 11) is 2.97. The van der Waals surface area contributed by atoms with Gasteiger partial charge in [-0.3, -0.25) is 20.1 Å². The molecule has 2 heterocycles. The number of rotatable bonds is 8. The Labute approximate surface area is 174 Å². The van der Waals surface area contributed by atoms with Gasteiger partial charge in [-0.1, -0.05) is 0 Å². The third-order valence-corrected chi connectivity index (χ3v) is 3.97. The van der Waals surface area contributed by atoms with Gasteiger partial charge >= 0.3 is 11.8 Å². The third-order valence-electron chi connectivity index (χ3n) is 3.97. The zero-order valence-corrected chi connectivity index (χ0v) is 16.4. The average molecular weight is 432 g/mol. The molecule has 2 N–H and O–H groups in total.